The van der Waals surface area contributed by atoms with E-state index in [1.807, 2.05) is 24.3 Å². The molecule has 80 valence electrons. The van der Waals surface area contributed by atoms with Gasteiger partial charge >= 0.3 is 0 Å². The van der Waals surface area contributed by atoms with E-state index < -0.39 is 0 Å². The first kappa shape index (κ1) is 11.5. The third-order valence-electron chi connectivity index (χ3n) is 2.11. The molecule has 0 radical (unpaired) electrons. The lowest BCUT2D eigenvalue weighted by Gasteiger charge is -2.06. The van der Waals surface area contributed by atoms with Gasteiger partial charge in [0.1, 0.15) is 12.0 Å². The van der Waals surface area contributed by atoms with Crippen molar-refractivity contribution in [2.24, 2.45) is 0 Å². The summed E-state index contributed by atoms with van der Waals surface area (Å²) in [6.45, 7) is 5.99. The highest BCUT2D eigenvalue weighted by molar-refractivity contribution is 5.71. The summed E-state index contributed by atoms with van der Waals surface area (Å²) in [6.07, 6.45) is 2.22. The van der Waals surface area contributed by atoms with Crippen LogP contribution in [0, 0.1) is 0 Å². The lowest BCUT2D eigenvalue weighted by atomic mass is 10.0. The number of carbonyl (C=O) groups is 1. The summed E-state index contributed by atoms with van der Waals surface area (Å²) in [5, 5.41) is 0. The molecule has 1 aromatic carbocycles. The zero-order valence-corrected chi connectivity index (χ0v) is 9.36. The van der Waals surface area contributed by atoms with Crippen molar-refractivity contribution in [3.05, 3.63) is 41.7 Å². The summed E-state index contributed by atoms with van der Waals surface area (Å²) in [5.74, 6) is 1.27. The van der Waals surface area contributed by atoms with E-state index in [1.165, 1.54) is 11.8 Å². The van der Waals surface area contributed by atoms with Gasteiger partial charge in [-0.3, -0.25) is 4.79 Å². The predicted molar refractivity (Wildman–Crippen MR) is 61.0 cm³/mol. The Morgan fingerprint density at radius 1 is 1.27 bits per heavy atom. The number of aldehydes is 1. The first-order valence-corrected chi connectivity index (χ1v) is 5.02. The molecule has 0 atom stereocenters. The molecule has 2 nitrogen and oxygen atoms in total. The van der Waals surface area contributed by atoms with Gasteiger partial charge in [0.25, 0.3) is 0 Å². The topological polar surface area (TPSA) is 26.3 Å². The van der Waals surface area contributed by atoms with Crippen LogP contribution in [0.15, 0.2) is 36.1 Å². The molecular formula is C13H16O2. The molecule has 0 aliphatic carbocycles. The number of ether oxygens (including phenoxy) is 1. The largest absolute Gasteiger partial charge is 0.465 e. The second-order valence-corrected chi connectivity index (χ2v) is 3.82. The molecule has 0 unspecified atom stereocenters. The fourth-order valence-electron chi connectivity index (χ4n) is 1.12. The minimum absolute atomic E-state index is 0.520. The second kappa shape index (κ2) is 5.35. The first-order valence-electron chi connectivity index (χ1n) is 5.02. The van der Waals surface area contributed by atoms with Crippen molar-refractivity contribution < 1.29 is 9.53 Å². The summed E-state index contributed by atoms with van der Waals surface area (Å²) in [6, 6.07) is 7.88. The van der Waals surface area contributed by atoms with Crippen LogP contribution in [0.5, 0.6) is 5.75 Å². The molecule has 0 bridgehead atoms. The van der Waals surface area contributed by atoms with Crippen molar-refractivity contribution in [1.29, 1.82) is 0 Å². The molecule has 0 aromatic heterocycles. The second-order valence-electron chi connectivity index (χ2n) is 3.82. The van der Waals surface area contributed by atoms with E-state index in [4.69, 9.17) is 4.74 Å². The Morgan fingerprint density at radius 2 is 1.87 bits per heavy atom. The van der Waals surface area contributed by atoms with Gasteiger partial charge in [0, 0.05) is 5.57 Å². The fraction of sp³-hybridized carbons (Fsp3) is 0.308. The van der Waals surface area contributed by atoms with Gasteiger partial charge in [-0.05, 0) is 30.5 Å². The van der Waals surface area contributed by atoms with Crippen LogP contribution in [-0.4, -0.2) is 6.29 Å². The lowest BCUT2D eigenvalue weighted by Crippen LogP contribution is -1.89. The van der Waals surface area contributed by atoms with Gasteiger partial charge in [0.2, 0.25) is 0 Å². The van der Waals surface area contributed by atoms with Crippen LogP contribution >= 0.6 is 0 Å². The smallest absolute Gasteiger partial charge is 0.148 e. The molecule has 1 aromatic rings. The van der Waals surface area contributed by atoms with Crippen LogP contribution in [-0.2, 0) is 4.79 Å². The van der Waals surface area contributed by atoms with Gasteiger partial charge in [-0.1, -0.05) is 26.0 Å². The lowest BCUT2D eigenvalue weighted by molar-refractivity contribution is -0.104. The Hall–Kier alpha value is -1.57. The molecule has 1 rings (SSSR count). The van der Waals surface area contributed by atoms with Crippen LogP contribution in [0.2, 0.25) is 0 Å². The molecule has 0 heterocycles. The van der Waals surface area contributed by atoms with Crippen LogP contribution in [0.3, 0.4) is 0 Å². The predicted octanol–water partition coefficient (Wildman–Crippen LogP) is 3.29. The maximum atomic E-state index is 10.3. The van der Waals surface area contributed by atoms with Crippen LogP contribution in [0.4, 0.5) is 0 Å². The third-order valence-corrected chi connectivity index (χ3v) is 2.11. The number of carbonyl (C=O) groups excluding carboxylic acids is 1. The molecule has 0 spiro atoms. The minimum Gasteiger partial charge on any atom is -0.465 e. The summed E-state index contributed by atoms with van der Waals surface area (Å²) in [5.41, 5.74) is 1.85. The number of hydrogen-bond donors (Lipinski definition) is 0. The molecule has 2 heteroatoms. The standard InChI is InChI=1S/C13H16O2/c1-10(2)12-4-6-13(7-5-12)15-9-11(3)8-14/h4-10H,1-3H3/b11-9+. The Bertz CT molecular complexity index is 347. The van der Waals surface area contributed by atoms with Gasteiger partial charge < -0.3 is 4.74 Å². The van der Waals surface area contributed by atoms with Gasteiger partial charge in [0.15, 0.2) is 0 Å². The summed E-state index contributed by atoms with van der Waals surface area (Å²) in [7, 11) is 0. The van der Waals surface area contributed by atoms with E-state index in [-0.39, 0.29) is 0 Å². The fourth-order valence-corrected chi connectivity index (χ4v) is 1.12. The molecule has 0 saturated carbocycles. The van der Waals surface area contributed by atoms with E-state index in [2.05, 4.69) is 13.8 Å². The van der Waals surface area contributed by atoms with Crippen LogP contribution < -0.4 is 4.74 Å². The maximum Gasteiger partial charge on any atom is 0.148 e. The van der Waals surface area contributed by atoms with Crippen molar-refractivity contribution in [3.8, 4) is 5.75 Å². The van der Waals surface area contributed by atoms with Crippen molar-refractivity contribution in [2.75, 3.05) is 0 Å². The van der Waals surface area contributed by atoms with E-state index in [9.17, 15) is 4.79 Å². The van der Waals surface area contributed by atoms with Gasteiger partial charge in [-0.25, -0.2) is 0 Å². The molecule has 0 N–H and O–H groups in total. The van der Waals surface area contributed by atoms with Crippen molar-refractivity contribution >= 4 is 6.29 Å². The van der Waals surface area contributed by atoms with Gasteiger partial charge in [0.05, 0.1) is 6.26 Å². The Labute approximate surface area is 90.6 Å². The maximum absolute atomic E-state index is 10.3. The van der Waals surface area contributed by atoms with Crippen LogP contribution in [0.25, 0.3) is 0 Å². The van der Waals surface area contributed by atoms with Crippen molar-refractivity contribution in [3.63, 3.8) is 0 Å². The Kier molecular flexibility index (Phi) is 4.10. The van der Waals surface area contributed by atoms with E-state index in [0.717, 1.165) is 12.0 Å². The summed E-state index contributed by atoms with van der Waals surface area (Å²) in [4.78, 5) is 10.3. The number of hydrogen-bond acceptors (Lipinski definition) is 2. The van der Waals surface area contributed by atoms with Crippen molar-refractivity contribution in [2.45, 2.75) is 26.7 Å². The highest BCUT2D eigenvalue weighted by atomic mass is 16.5. The Balaban J connectivity index is 2.69. The quantitative estimate of drug-likeness (QED) is 0.427. The molecule has 0 aliphatic rings. The molecular weight excluding hydrogens is 188 g/mol. The Morgan fingerprint density at radius 3 is 2.33 bits per heavy atom. The average Bonchev–Trinajstić information content (AvgIpc) is 2.26. The molecule has 0 amide bonds. The van der Waals surface area contributed by atoms with Crippen molar-refractivity contribution in [1.82, 2.24) is 0 Å². The summed E-state index contributed by atoms with van der Waals surface area (Å²) >= 11 is 0. The molecule has 0 fully saturated rings. The number of rotatable bonds is 4. The zero-order valence-electron chi connectivity index (χ0n) is 9.36. The minimum atomic E-state index is 0.520. The SMILES string of the molecule is C/C(C=O)=C\Oc1ccc(C(C)C)cc1. The number of allylic oxidation sites excluding steroid dienone is 1. The normalized spacial score (nSPS) is 11.6. The zero-order chi connectivity index (χ0) is 11.3. The molecule has 0 aliphatic heterocycles. The molecule has 15 heavy (non-hydrogen) atoms. The number of benzene rings is 1. The highest BCUT2D eigenvalue weighted by Gasteiger charge is 1.98. The summed E-state index contributed by atoms with van der Waals surface area (Å²) < 4.78 is 5.30. The van der Waals surface area contributed by atoms with Gasteiger partial charge in [-0.15, -0.1) is 0 Å². The van der Waals surface area contributed by atoms with Gasteiger partial charge in [-0.2, -0.15) is 0 Å². The van der Waals surface area contributed by atoms with E-state index in [0.29, 0.717) is 11.5 Å². The van der Waals surface area contributed by atoms with E-state index >= 15 is 0 Å². The molecule has 0 saturated heterocycles. The average molecular weight is 204 g/mol. The third kappa shape index (κ3) is 3.58. The first-order chi connectivity index (χ1) is 7.13. The monoisotopic (exact) mass is 204 g/mol. The van der Waals surface area contributed by atoms with E-state index in [1.54, 1.807) is 6.92 Å². The van der Waals surface area contributed by atoms with Crippen LogP contribution in [0.1, 0.15) is 32.3 Å². The highest BCUT2D eigenvalue weighted by Crippen LogP contribution is 2.18.